The minimum atomic E-state index is -0.450. The number of hydrogen-bond donors (Lipinski definition) is 1. The number of aryl methyl sites for hydroxylation is 1. The van der Waals surface area contributed by atoms with Crippen LogP contribution in [-0.2, 0) is 4.74 Å². The van der Waals surface area contributed by atoms with Crippen molar-refractivity contribution in [1.29, 1.82) is 0 Å². The van der Waals surface area contributed by atoms with Crippen LogP contribution in [0.1, 0.15) is 26.3 Å². The number of amides is 1. The van der Waals surface area contributed by atoms with Gasteiger partial charge in [-0.1, -0.05) is 17.7 Å². The van der Waals surface area contributed by atoms with Crippen molar-refractivity contribution in [2.45, 2.75) is 6.92 Å². The molecular weight excluding hydrogens is 290 g/mol. The molecule has 5 heteroatoms. The van der Waals surface area contributed by atoms with Gasteiger partial charge in [-0.05, 0) is 48.9 Å². The van der Waals surface area contributed by atoms with E-state index in [2.05, 4.69) is 10.1 Å². The molecule has 0 atom stereocenters. The van der Waals surface area contributed by atoms with E-state index in [9.17, 15) is 9.59 Å². The minimum Gasteiger partial charge on any atom is -0.465 e. The number of nitrogens with one attached hydrogen (secondary N) is 1. The third-order valence-electron chi connectivity index (χ3n) is 2.97. The normalized spacial score (nSPS) is 10.0. The average Bonchev–Trinajstić information content (AvgIpc) is 2.46. The van der Waals surface area contributed by atoms with Gasteiger partial charge in [-0.2, -0.15) is 0 Å². The van der Waals surface area contributed by atoms with E-state index in [-0.39, 0.29) is 5.91 Å². The van der Waals surface area contributed by atoms with Gasteiger partial charge in [-0.3, -0.25) is 4.79 Å². The number of carbonyl (C=O) groups is 2. The molecule has 108 valence electrons. The zero-order valence-electron chi connectivity index (χ0n) is 11.6. The largest absolute Gasteiger partial charge is 0.465 e. The van der Waals surface area contributed by atoms with Crippen molar-refractivity contribution in [3.8, 4) is 0 Å². The molecule has 1 amide bonds. The van der Waals surface area contributed by atoms with Crippen molar-refractivity contribution in [3.63, 3.8) is 0 Å². The lowest BCUT2D eigenvalue weighted by Crippen LogP contribution is -2.14. The summed E-state index contributed by atoms with van der Waals surface area (Å²) in [6.07, 6.45) is 0. The fourth-order valence-corrected chi connectivity index (χ4v) is 2.15. The second kappa shape index (κ2) is 6.41. The molecule has 0 aliphatic carbocycles. The highest BCUT2D eigenvalue weighted by Crippen LogP contribution is 2.18. The first kappa shape index (κ1) is 15.1. The first-order valence-corrected chi connectivity index (χ1v) is 6.65. The Hall–Kier alpha value is -2.33. The fraction of sp³-hybridized carbons (Fsp3) is 0.125. The molecule has 1 N–H and O–H groups in total. The summed E-state index contributed by atoms with van der Waals surface area (Å²) in [5, 5.41) is 3.33. The minimum absolute atomic E-state index is 0.258. The second-order valence-electron chi connectivity index (χ2n) is 4.49. The highest BCUT2D eigenvalue weighted by molar-refractivity contribution is 6.30. The molecule has 2 aromatic carbocycles. The van der Waals surface area contributed by atoms with E-state index in [0.29, 0.717) is 21.8 Å². The van der Waals surface area contributed by atoms with Gasteiger partial charge < -0.3 is 10.1 Å². The average molecular weight is 304 g/mol. The molecule has 0 spiro atoms. The molecule has 0 aliphatic heterocycles. The Morgan fingerprint density at radius 3 is 2.57 bits per heavy atom. The molecule has 4 nitrogen and oxygen atoms in total. The molecular formula is C16H14ClNO3. The van der Waals surface area contributed by atoms with E-state index in [0.717, 1.165) is 5.56 Å². The summed E-state index contributed by atoms with van der Waals surface area (Å²) in [6, 6.07) is 11.6. The number of benzene rings is 2. The smallest absolute Gasteiger partial charge is 0.337 e. The summed E-state index contributed by atoms with van der Waals surface area (Å²) in [5.41, 5.74) is 2.22. The first-order chi connectivity index (χ1) is 10.0. The Kier molecular flexibility index (Phi) is 4.60. The van der Waals surface area contributed by atoms with Crippen molar-refractivity contribution >= 4 is 29.2 Å². The molecule has 0 heterocycles. The van der Waals surface area contributed by atoms with Gasteiger partial charge in [-0.25, -0.2) is 4.79 Å². The highest BCUT2D eigenvalue weighted by Gasteiger charge is 2.11. The molecule has 2 aromatic rings. The standard InChI is InChI=1S/C16H14ClNO3/c1-10-8-12(17)6-7-14(10)15(19)18-13-5-3-4-11(9-13)16(20)21-2/h3-9H,1-2H3,(H,18,19). The zero-order chi connectivity index (χ0) is 15.4. The topological polar surface area (TPSA) is 55.4 Å². The third-order valence-corrected chi connectivity index (χ3v) is 3.21. The van der Waals surface area contributed by atoms with Crippen LogP contribution in [0.25, 0.3) is 0 Å². The van der Waals surface area contributed by atoms with E-state index >= 15 is 0 Å². The van der Waals surface area contributed by atoms with E-state index < -0.39 is 5.97 Å². The zero-order valence-corrected chi connectivity index (χ0v) is 12.4. The lowest BCUT2D eigenvalue weighted by Gasteiger charge is -2.09. The molecule has 0 unspecified atom stereocenters. The van der Waals surface area contributed by atoms with E-state index in [4.69, 9.17) is 11.6 Å². The van der Waals surface area contributed by atoms with Crippen LogP contribution in [0.4, 0.5) is 5.69 Å². The third kappa shape index (κ3) is 3.61. The van der Waals surface area contributed by atoms with Gasteiger partial charge in [0.2, 0.25) is 0 Å². The van der Waals surface area contributed by atoms with E-state index in [1.165, 1.54) is 7.11 Å². The molecule has 0 bridgehead atoms. The van der Waals surface area contributed by atoms with E-state index in [1.54, 1.807) is 42.5 Å². The molecule has 0 aromatic heterocycles. The van der Waals surface area contributed by atoms with Gasteiger partial charge in [0.15, 0.2) is 0 Å². The molecule has 0 fully saturated rings. The second-order valence-corrected chi connectivity index (χ2v) is 4.92. The van der Waals surface area contributed by atoms with Crippen LogP contribution in [0.5, 0.6) is 0 Å². The van der Waals surface area contributed by atoms with Crippen LogP contribution in [0.2, 0.25) is 5.02 Å². The SMILES string of the molecule is COC(=O)c1cccc(NC(=O)c2ccc(Cl)cc2C)c1. The molecule has 0 aliphatic rings. The van der Waals surface area contributed by atoms with Crippen LogP contribution < -0.4 is 5.32 Å². The van der Waals surface area contributed by atoms with Gasteiger partial charge in [0.1, 0.15) is 0 Å². The predicted molar refractivity (Wildman–Crippen MR) is 81.9 cm³/mol. The summed E-state index contributed by atoms with van der Waals surface area (Å²) in [7, 11) is 1.31. The maximum atomic E-state index is 12.2. The summed E-state index contributed by atoms with van der Waals surface area (Å²) in [5.74, 6) is -0.708. The fourth-order valence-electron chi connectivity index (χ4n) is 1.92. The van der Waals surface area contributed by atoms with E-state index in [1.807, 2.05) is 6.92 Å². The van der Waals surface area contributed by atoms with Gasteiger partial charge >= 0.3 is 5.97 Å². The van der Waals surface area contributed by atoms with Crippen LogP contribution >= 0.6 is 11.6 Å². The van der Waals surface area contributed by atoms with Crippen molar-refractivity contribution in [2.24, 2.45) is 0 Å². The number of anilines is 1. The Balaban J connectivity index is 2.21. The summed E-state index contributed by atoms with van der Waals surface area (Å²) in [4.78, 5) is 23.7. The Bertz CT molecular complexity index is 698. The molecule has 0 saturated carbocycles. The predicted octanol–water partition coefficient (Wildman–Crippen LogP) is 3.69. The number of hydrogen-bond acceptors (Lipinski definition) is 3. The molecule has 21 heavy (non-hydrogen) atoms. The number of methoxy groups -OCH3 is 1. The Labute approximate surface area is 127 Å². The van der Waals surface area contributed by atoms with Crippen LogP contribution in [0.15, 0.2) is 42.5 Å². The van der Waals surface area contributed by atoms with Crippen LogP contribution in [0.3, 0.4) is 0 Å². The number of carbonyl (C=O) groups excluding carboxylic acids is 2. The van der Waals surface area contributed by atoms with Gasteiger partial charge in [0.05, 0.1) is 12.7 Å². The Morgan fingerprint density at radius 1 is 1.14 bits per heavy atom. The molecule has 0 radical (unpaired) electrons. The molecule has 0 saturated heterocycles. The monoisotopic (exact) mass is 303 g/mol. The summed E-state index contributed by atoms with van der Waals surface area (Å²) < 4.78 is 4.65. The molecule has 2 rings (SSSR count). The quantitative estimate of drug-likeness (QED) is 0.880. The number of rotatable bonds is 3. The lowest BCUT2D eigenvalue weighted by molar-refractivity contribution is 0.0600. The van der Waals surface area contributed by atoms with Gasteiger partial charge in [0, 0.05) is 16.3 Å². The van der Waals surface area contributed by atoms with Crippen molar-refractivity contribution < 1.29 is 14.3 Å². The van der Waals surface area contributed by atoms with Gasteiger partial charge in [-0.15, -0.1) is 0 Å². The number of ether oxygens (including phenoxy) is 1. The summed E-state index contributed by atoms with van der Waals surface area (Å²) in [6.45, 7) is 1.81. The maximum Gasteiger partial charge on any atom is 0.337 e. The lowest BCUT2D eigenvalue weighted by atomic mass is 10.1. The first-order valence-electron chi connectivity index (χ1n) is 6.27. The maximum absolute atomic E-state index is 12.2. The Morgan fingerprint density at radius 2 is 1.90 bits per heavy atom. The van der Waals surface area contributed by atoms with Crippen LogP contribution in [0, 0.1) is 6.92 Å². The number of esters is 1. The van der Waals surface area contributed by atoms with Gasteiger partial charge in [0.25, 0.3) is 5.91 Å². The van der Waals surface area contributed by atoms with Crippen molar-refractivity contribution in [3.05, 3.63) is 64.2 Å². The van der Waals surface area contributed by atoms with Crippen LogP contribution in [-0.4, -0.2) is 19.0 Å². The number of halogens is 1. The summed E-state index contributed by atoms with van der Waals surface area (Å²) >= 11 is 5.87. The highest BCUT2D eigenvalue weighted by atomic mass is 35.5. The van der Waals surface area contributed by atoms with Crippen molar-refractivity contribution in [1.82, 2.24) is 0 Å². The van der Waals surface area contributed by atoms with Crippen molar-refractivity contribution in [2.75, 3.05) is 12.4 Å².